The van der Waals surface area contributed by atoms with E-state index >= 15 is 0 Å². The van der Waals surface area contributed by atoms with Crippen LogP contribution in [0.15, 0.2) is 58.0 Å². The molecular weight excluding hydrogens is 374 g/mol. The van der Waals surface area contributed by atoms with Gasteiger partial charge in [0.05, 0.1) is 12.4 Å². The maximum atomic E-state index is 12.7. The number of hydrogen-bond donors (Lipinski definition) is 1. The van der Waals surface area contributed by atoms with Crippen molar-refractivity contribution in [2.45, 2.75) is 19.5 Å². The number of nitrogens with zero attached hydrogens (tertiary/aromatic N) is 2. The van der Waals surface area contributed by atoms with Gasteiger partial charge in [-0.25, -0.2) is 4.98 Å². The van der Waals surface area contributed by atoms with E-state index in [2.05, 4.69) is 10.3 Å². The third-order valence-electron chi connectivity index (χ3n) is 4.94. The number of furan rings is 1. The highest BCUT2D eigenvalue weighted by atomic mass is 16.7. The summed E-state index contributed by atoms with van der Waals surface area (Å²) in [5.74, 6) is 1.03. The fourth-order valence-electron chi connectivity index (χ4n) is 3.44. The fraction of sp³-hybridized carbons (Fsp3) is 0.190. The molecule has 1 aliphatic rings. The number of para-hydroxylation sites is 1. The molecule has 146 valence electrons. The second-order valence-corrected chi connectivity index (χ2v) is 6.86. The van der Waals surface area contributed by atoms with Crippen molar-refractivity contribution in [3.8, 4) is 11.5 Å². The number of ether oxygens (including phenoxy) is 2. The Hall–Kier alpha value is -3.81. The van der Waals surface area contributed by atoms with E-state index in [-0.39, 0.29) is 30.9 Å². The summed E-state index contributed by atoms with van der Waals surface area (Å²) in [5, 5.41) is 3.66. The fourth-order valence-corrected chi connectivity index (χ4v) is 3.44. The maximum absolute atomic E-state index is 12.7. The van der Waals surface area contributed by atoms with Gasteiger partial charge in [0.15, 0.2) is 11.5 Å². The normalized spacial score (nSPS) is 13.7. The topological polar surface area (TPSA) is 95.6 Å². The van der Waals surface area contributed by atoms with E-state index in [1.165, 1.54) is 10.9 Å². The lowest BCUT2D eigenvalue weighted by Gasteiger charge is -2.15. The number of carbonyl (C=O) groups is 1. The molecule has 1 unspecified atom stereocenters. The number of fused-ring (bicyclic) bond motifs is 4. The number of benzene rings is 2. The Bertz CT molecular complexity index is 1310. The van der Waals surface area contributed by atoms with Crippen molar-refractivity contribution in [2.75, 3.05) is 6.79 Å². The Morgan fingerprint density at radius 3 is 2.93 bits per heavy atom. The minimum absolute atomic E-state index is 0.144. The van der Waals surface area contributed by atoms with E-state index in [1.807, 2.05) is 43.3 Å². The Labute approximate surface area is 164 Å². The number of rotatable bonds is 4. The van der Waals surface area contributed by atoms with Crippen molar-refractivity contribution in [3.05, 3.63) is 64.7 Å². The van der Waals surface area contributed by atoms with Crippen molar-refractivity contribution in [1.29, 1.82) is 0 Å². The lowest BCUT2D eigenvalue weighted by molar-refractivity contribution is -0.122. The van der Waals surface area contributed by atoms with Gasteiger partial charge in [0.2, 0.25) is 18.3 Å². The van der Waals surface area contributed by atoms with Gasteiger partial charge in [-0.15, -0.1) is 0 Å². The molecule has 8 heteroatoms. The predicted octanol–water partition coefficient (Wildman–Crippen LogP) is 2.75. The zero-order chi connectivity index (χ0) is 20.0. The maximum Gasteiger partial charge on any atom is 0.297 e. The Kier molecular flexibility index (Phi) is 3.97. The monoisotopic (exact) mass is 391 g/mol. The van der Waals surface area contributed by atoms with Gasteiger partial charge < -0.3 is 19.2 Å². The SMILES string of the molecule is CC(NC(=O)Cn1cnc2c(oc3ccccc32)c1=O)c1ccc2c(c1)OCO2. The summed E-state index contributed by atoms with van der Waals surface area (Å²) in [7, 11) is 0. The van der Waals surface area contributed by atoms with Crippen LogP contribution in [0.3, 0.4) is 0 Å². The molecule has 0 bridgehead atoms. The predicted molar refractivity (Wildman–Crippen MR) is 105 cm³/mol. The van der Waals surface area contributed by atoms with E-state index in [1.54, 1.807) is 6.07 Å². The van der Waals surface area contributed by atoms with Crippen molar-refractivity contribution in [2.24, 2.45) is 0 Å². The van der Waals surface area contributed by atoms with E-state index in [4.69, 9.17) is 13.9 Å². The average molecular weight is 391 g/mol. The molecule has 1 atom stereocenters. The van der Waals surface area contributed by atoms with Crippen LogP contribution < -0.4 is 20.3 Å². The van der Waals surface area contributed by atoms with Crippen LogP contribution in [-0.2, 0) is 11.3 Å². The second-order valence-electron chi connectivity index (χ2n) is 6.86. The summed E-state index contributed by atoms with van der Waals surface area (Å²) in [6.07, 6.45) is 1.37. The summed E-state index contributed by atoms with van der Waals surface area (Å²) >= 11 is 0. The first-order valence-electron chi connectivity index (χ1n) is 9.16. The van der Waals surface area contributed by atoms with Crippen LogP contribution in [0.4, 0.5) is 0 Å². The highest BCUT2D eigenvalue weighted by Gasteiger charge is 2.18. The number of hydrogen-bond acceptors (Lipinski definition) is 6. The molecule has 1 N–H and O–H groups in total. The summed E-state index contributed by atoms with van der Waals surface area (Å²) in [5.41, 5.74) is 1.71. The lowest BCUT2D eigenvalue weighted by atomic mass is 10.1. The molecule has 4 aromatic rings. The number of aromatic nitrogens is 2. The molecule has 1 aliphatic heterocycles. The molecule has 0 saturated heterocycles. The molecule has 2 aromatic heterocycles. The molecule has 0 fully saturated rings. The summed E-state index contributed by atoms with van der Waals surface area (Å²) in [6, 6.07) is 12.6. The highest BCUT2D eigenvalue weighted by molar-refractivity contribution is 6.01. The van der Waals surface area contributed by atoms with E-state index in [0.29, 0.717) is 22.6 Å². The van der Waals surface area contributed by atoms with Crippen LogP contribution in [0.1, 0.15) is 18.5 Å². The molecule has 0 radical (unpaired) electrons. The Balaban J connectivity index is 1.36. The average Bonchev–Trinajstić information content (AvgIpc) is 3.34. The first-order valence-corrected chi connectivity index (χ1v) is 9.16. The van der Waals surface area contributed by atoms with Gasteiger partial charge in [-0.2, -0.15) is 0 Å². The number of carbonyl (C=O) groups excluding carboxylic acids is 1. The third-order valence-corrected chi connectivity index (χ3v) is 4.94. The molecule has 0 aliphatic carbocycles. The molecule has 3 heterocycles. The minimum atomic E-state index is -0.392. The highest BCUT2D eigenvalue weighted by Crippen LogP contribution is 2.34. The van der Waals surface area contributed by atoms with Gasteiger partial charge in [-0.1, -0.05) is 18.2 Å². The van der Waals surface area contributed by atoms with E-state index < -0.39 is 5.56 Å². The number of amides is 1. The van der Waals surface area contributed by atoms with Gasteiger partial charge in [0.1, 0.15) is 17.6 Å². The zero-order valence-electron chi connectivity index (χ0n) is 15.5. The van der Waals surface area contributed by atoms with Crippen LogP contribution >= 0.6 is 0 Å². The number of nitrogens with one attached hydrogen (secondary N) is 1. The second kappa shape index (κ2) is 6.66. The Morgan fingerprint density at radius 2 is 2.03 bits per heavy atom. The van der Waals surface area contributed by atoms with Gasteiger partial charge in [-0.05, 0) is 36.8 Å². The van der Waals surface area contributed by atoms with Crippen molar-refractivity contribution in [3.63, 3.8) is 0 Å². The quantitative estimate of drug-likeness (QED) is 0.575. The van der Waals surface area contributed by atoms with Crippen molar-refractivity contribution in [1.82, 2.24) is 14.9 Å². The van der Waals surface area contributed by atoms with Gasteiger partial charge in [0, 0.05) is 5.39 Å². The molecule has 1 amide bonds. The van der Waals surface area contributed by atoms with Crippen molar-refractivity contribution >= 4 is 28.0 Å². The van der Waals surface area contributed by atoms with Crippen LogP contribution in [0.5, 0.6) is 11.5 Å². The molecule has 29 heavy (non-hydrogen) atoms. The summed E-state index contributed by atoms with van der Waals surface area (Å²) in [6.45, 7) is 1.90. The summed E-state index contributed by atoms with van der Waals surface area (Å²) in [4.78, 5) is 29.6. The van der Waals surface area contributed by atoms with Crippen LogP contribution in [-0.4, -0.2) is 22.3 Å². The minimum Gasteiger partial charge on any atom is -0.454 e. The molecule has 0 saturated carbocycles. The zero-order valence-corrected chi connectivity index (χ0v) is 15.5. The first-order chi connectivity index (χ1) is 14.1. The van der Waals surface area contributed by atoms with Gasteiger partial charge in [0.25, 0.3) is 5.56 Å². The van der Waals surface area contributed by atoms with E-state index in [9.17, 15) is 9.59 Å². The molecule has 2 aromatic carbocycles. The van der Waals surface area contributed by atoms with Crippen LogP contribution in [0.2, 0.25) is 0 Å². The molecular formula is C21H17N3O5. The molecule has 8 nitrogen and oxygen atoms in total. The Morgan fingerprint density at radius 1 is 1.21 bits per heavy atom. The smallest absolute Gasteiger partial charge is 0.297 e. The third kappa shape index (κ3) is 2.98. The molecule has 5 rings (SSSR count). The van der Waals surface area contributed by atoms with Crippen LogP contribution in [0, 0.1) is 0 Å². The van der Waals surface area contributed by atoms with Gasteiger partial charge in [-0.3, -0.25) is 14.2 Å². The first kappa shape index (κ1) is 17.3. The molecule has 0 spiro atoms. The van der Waals surface area contributed by atoms with Crippen molar-refractivity contribution < 1.29 is 18.7 Å². The van der Waals surface area contributed by atoms with E-state index in [0.717, 1.165) is 10.9 Å². The standard InChI is InChI=1S/C21H17N3O5/c1-12(13-6-7-16-17(8-13)28-11-27-16)23-18(25)9-24-10-22-19-14-4-2-3-5-15(14)29-20(19)21(24)26/h2-8,10,12H,9,11H2,1H3,(H,23,25). The lowest BCUT2D eigenvalue weighted by Crippen LogP contribution is -2.33. The largest absolute Gasteiger partial charge is 0.454 e. The van der Waals surface area contributed by atoms with Crippen LogP contribution in [0.25, 0.3) is 22.1 Å². The summed E-state index contributed by atoms with van der Waals surface area (Å²) < 4.78 is 17.6. The van der Waals surface area contributed by atoms with Gasteiger partial charge >= 0.3 is 0 Å².